The van der Waals surface area contributed by atoms with Crippen LogP contribution in [0.4, 0.5) is 11.4 Å². The van der Waals surface area contributed by atoms with Gasteiger partial charge in [0.2, 0.25) is 0 Å². The lowest BCUT2D eigenvalue weighted by Crippen LogP contribution is -2.13. The van der Waals surface area contributed by atoms with Crippen LogP contribution >= 0.6 is 0 Å². The molecule has 0 aromatic heterocycles. The fourth-order valence-corrected chi connectivity index (χ4v) is 1.98. The van der Waals surface area contributed by atoms with Crippen LogP contribution in [0.5, 0.6) is 5.75 Å². The number of aryl methyl sites for hydroxylation is 1. The van der Waals surface area contributed by atoms with Crippen molar-refractivity contribution in [2.24, 2.45) is 0 Å². The molecule has 0 heterocycles. The lowest BCUT2D eigenvalue weighted by atomic mass is 10.2. The highest BCUT2D eigenvalue weighted by Gasteiger charge is 1.99. The van der Waals surface area contributed by atoms with Gasteiger partial charge in [-0.15, -0.1) is 0 Å². The maximum absolute atomic E-state index is 5.77. The minimum absolute atomic E-state index is 0.644. The van der Waals surface area contributed by atoms with Crippen molar-refractivity contribution in [1.29, 1.82) is 0 Å². The van der Waals surface area contributed by atoms with Gasteiger partial charge in [0.05, 0.1) is 0 Å². The first kappa shape index (κ1) is 14.3. The van der Waals surface area contributed by atoms with E-state index in [2.05, 4.69) is 35.3 Å². The summed E-state index contributed by atoms with van der Waals surface area (Å²) in [5.74, 6) is 0.905. The van der Waals surface area contributed by atoms with E-state index >= 15 is 0 Å². The second kappa shape index (κ2) is 6.85. The Morgan fingerprint density at radius 3 is 2.60 bits per heavy atom. The molecule has 0 bridgehead atoms. The molecule has 2 aromatic rings. The second-order valence-electron chi connectivity index (χ2n) is 4.98. The first-order chi connectivity index (χ1) is 9.66. The van der Waals surface area contributed by atoms with Crippen molar-refractivity contribution in [1.82, 2.24) is 0 Å². The summed E-state index contributed by atoms with van der Waals surface area (Å²) in [6.07, 6.45) is 0. The van der Waals surface area contributed by atoms with Crippen LogP contribution < -0.4 is 15.0 Å². The van der Waals surface area contributed by atoms with Crippen LogP contribution in [0.2, 0.25) is 0 Å². The van der Waals surface area contributed by atoms with Gasteiger partial charge in [0, 0.05) is 38.1 Å². The summed E-state index contributed by atoms with van der Waals surface area (Å²) in [4.78, 5) is 2.07. The Morgan fingerprint density at radius 1 is 1.05 bits per heavy atom. The van der Waals surface area contributed by atoms with E-state index in [1.54, 1.807) is 0 Å². The van der Waals surface area contributed by atoms with Gasteiger partial charge >= 0.3 is 0 Å². The molecule has 106 valence electrons. The maximum Gasteiger partial charge on any atom is 0.121 e. The number of ether oxygens (including phenoxy) is 1. The van der Waals surface area contributed by atoms with E-state index < -0.39 is 0 Å². The lowest BCUT2D eigenvalue weighted by molar-refractivity contribution is 0.333. The van der Waals surface area contributed by atoms with Crippen LogP contribution in [0.15, 0.2) is 48.5 Å². The van der Waals surface area contributed by atoms with Gasteiger partial charge in [0.1, 0.15) is 12.4 Å². The summed E-state index contributed by atoms with van der Waals surface area (Å²) in [7, 11) is 4.05. The Kier molecular flexibility index (Phi) is 4.88. The van der Waals surface area contributed by atoms with Crippen molar-refractivity contribution in [3.05, 3.63) is 54.1 Å². The molecule has 0 unspecified atom stereocenters. The van der Waals surface area contributed by atoms with Gasteiger partial charge < -0.3 is 15.0 Å². The van der Waals surface area contributed by atoms with E-state index in [1.807, 2.05) is 44.4 Å². The molecule has 0 saturated heterocycles. The van der Waals surface area contributed by atoms with Crippen molar-refractivity contribution >= 4 is 11.4 Å². The minimum Gasteiger partial charge on any atom is -0.492 e. The molecular formula is C17H22N2O. The quantitative estimate of drug-likeness (QED) is 0.812. The summed E-state index contributed by atoms with van der Waals surface area (Å²) < 4.78 is 5.77. The Balaban J connectivity index is 1.82. The fraction of sp³-hybridized carbons (Fsp3) is 0.294. The van der Waals surface area contributed by atoms with E-state index in [1.165, 1.54) is 5.56 Å². The van der Waals surface area contributed by atoms with Crippen LogP contribution in [0.3, 0.4) is 0 Å². The topological polar surface area (TPSA) is 24.5 Å². The van der Waals surface area contributed by atoms with Crippen molar-refractivity contribution in [2.45, 2.75) is 6.92 Å². The largest absolute Gasteiger partial charge is 0.492 e. The smallest absolute Gasteiger partial charge is 0.121 e. The molecule has 0 aliphatic heterocycles. The van der Waals surface area contributed by atoms with Crippen LogP contribution in [0.1, 0.15) is 5.56 Å². The lowest BCUT2D eigenvalue weighted by Gasteiger charge is -2.14. The highest BCUT2D eigenvalue weighted by atomic mass is 16.5. The Morgan fingerprint density at radius 2 is 1.85 bits per heavy atom. The molecule has 0 aliphatic rings. The number of rotatable bonds is 6. The molecule has 0 aliphatic carbocycles. The van der Waals surface area contributed by atoms with Gasteiger partial charge in [0.15, 0.2) is 0 Å². The Bertz CT molecular complexity index is 552. The number of nitrogens with zero attached hydrogens (tertiary/aromatic N) is 1. The van der Waals surface area contributed by atoms with Gasteiger partial charge in [-0.25, -0.2) is 0 Å². The van der Waals surface area contributed by atoms with E-state index in [4.69, 9.17) is 4.74 Å². The molecule has 3 heteroatoms. The molecule has 0 radical (unpaired) electrons. The number of nitrogens with one attached hydrogen (secondary N) is 1. The number of hydrogen-bond acceptors (Lipinski definition) is 3. The molecule has 2 rings (SSSR count). The van der Waals surface area contributed by atoms with Crippen LogP contribution in [0, 0.1) is 6.92 Å². The third kappa shape index (κ3) is 3.92. The molecule has 1 N–H and O–H groups in total. The molecule has 0 fully saturated rings. The van der Waals surface area contributed by atoms with E-state index in [0.29, 0.717) is 6.61 Å². The van der Waals surface area contributed by atoms with Crippen LogP contribution in [-0.2, 0) is 0 Å². The predicted octanol–water partition coefficient (Wildman–Crippen LogP) is 3.55. The van der Waals surface area contributed by atoms with Gasteiger partial charge in [-0.2, -0.15) is 0 Å². The van der Waals surface area contributed by atoms with Crippen molar-refractivity contribution in [3.63, 3.8) is 0 Å². The molecule has 0 spiro atoms. The van der Waals surface area contributed by atoms with E-state index in [-0.39, 0.29) is 0 Å². The zero-order valence-corrected chi connectivity index (χ0v) is 12.4. The standard InChI is InChI=1S/C17H22N2O/c1-14-7-4-5-10-17(14)18-11-12-20-16-9-6-8-15(13-16)19(2)3/h4-10,13,18H,11-12H2,1-3H3. The molecule has 2 aromatic carbocycles. The predicted molar refractivity (Wildman–Crippen MR) is 85.9 cm³/mol. The summed E-state index contributed by atoms with van der Waals surface area (Å²) in [6.45, 7) is 3.53. The highest BCUT2D eigenvalue weighted by Crippen LogP contribution is 2.19. The van der Waals surface area contributed by atoms with Crippen molar-refractivity contribution in [2.75, 3.05) is 37.5 Å². The summed E-state index contributed by atoms with van der Waals surface area (Å²) >= 11 is 0. The monoisotopic (exact) mass is 270 g/mol. The molecule has 0 atom stereocenters. The highest BCUT2D eigenvalue weighted by molar-refractivity contribution is 5.50. The second-order valence-corrected chi connectivity index (χ2v) is 4.98. The number of anilines is 2. The number of benzene rings is 2. The van der Waals surface area contributed by atoms with Gasteiger partial charge in [0.25, 0.3) is 0 Å². The molecular weight excluding hydrogens is 248 g/mol. The average Bonchev–Trinajstić information content (AvgIpc) is 2.45. The zero-order chi connectivity index (χ0) is 14.4. The van der Waals surface area contributed by atoms with Crippen LogP contribution in [0.25, 0.3) is 0 Å². The van der Waals surface area contributed by atoms with Gasteiger partial charge in [-0.1, -0.05) is 24.3 Å². The third-order valence-corrected chi connectivity index (χ3v) is 3.17. The summed E-state index contributed by atoms with van der Waals surface area (Å²) in [6, 6.07) is 16.4. The summed E-state index contributed by atoms with van der Waals surface area (Å²) in [5.41, 5.74) is 3.56. The zero-order valence-electron chi connectivity index (χ0n) is 12.4. The van der Waals surface area contributed by atoms with E-state index in [0.717, 1.165) is 23.7 Å². The van der Waals surface area contributed by atoms with E-state index in [9.17, 15) is 0 Å². The van der Waals surface area contributed by atoms with Gasteiger partial charge in [-0.3, -0.25) is 0 Å². The van der Waals surface area contributed by atoms with Gasteiger partial charge in [-0.05, 0) is 30.7 Å². The molecule has 3 nitrogen and oxygen atoms in total. The molecule has 0 amide bonds. The third-order valence-electron chi connectivity index (χ3n) is 3.17. The van der Waals surface area contributed by atoms with Crippen molar-refractivity contribution < 1.29 is 4.74 Å². The SMILES string of the molecule is Cc1ccccc1NCCOc1cccc(N(C)C)c1. The fourth-order valence-electron chi connectivity index (χ4n) is 1.98. The molecule has 20 heavy (non-hydrogen) atoms. The normalized spacial score (nSPS) is 10.2. The first-order valence-electron chi connectivity index (χ1n) is 6.86. The van der Waals surface area contributed by atoms with Crippen LogP contribution in [-0.4, -0.2) is 27.2 Å². The summed E-state index contributed by atoms with van der Waals surface area (Å²) in [5, 5.41) is 3.39. The maximum atomic E-state index is 5.77. The van der Waals surface area contributed by atoms with Crippen molar-refractivity contribution in [3.8, 4) is 5.75 Å². The Hall–Kier alpha value is -2.16. The average molecular weight is 270 g/mol. The number of hydrogen-bond donors (Lipinski definition) is 1. The molecule has 0 saturated carbocycles. The first-order valence-corrected chi connectivity index (χ1v) is 6.86. The Labute approximate surface area is 121 Å². The minimum atomic E-state index is 0.644. The number of para-hydroxylation sites is 1.